The van der Waals surface area contributed by atoms with Crippen LogP contribution in [0.4, 0.5) is 11.6 Å². The number of nitrogen functional groups attached to an aromatic ring is 1. The van der Waals surface area contributed by atoms with E-state index in [1.54, 1.807) is 13.8 Å². The first-order valence-corrected chi connectivity index (χ1v) is 7.43. The lowest BCUT2D eigenvalue weighted by Crippen LogP contribution is -2.17. The van der Waals surface area contributed by atoms with E-state index in [2.05, 4.69) is 17.2 Å². The first-order chi connectivity index (χ1) is 10.5. The van der Waals surface area contributed by atoms with Crippen LogP contribution in [0.3, 0.4) is 0 Å². The summed E-state index contributed by atoms with van der Waals surface area (Å²) in [6.45, 7) is 6.54. The second kappa shape index (κ2) is 8.86. The van der Waals surface area contributed by atoms with E-state index in [1.807, 2.05) is 0 Å². The van der Waals surface area contributed by atoms with Crippen LogP contribution in [0.5, 0.6) is 0 Å². The van der Waals surface area contributed by atoms with E-state index in [0.29, 0.717) is 12.4 Å². The molecule has 3 N–H and O–H groups in total. The third-order valence-corrected chi connectivity index (χ3v) is 2.87. The number of pyridine rings is 1. The Balaban J connectivity index is 3.17. The maximum absolute atomic E-state index is 12.0. The van der Waals surface area contributed by atoms with Gasteiger partial charge < -0.3 is 20.5 Å². The Morgan fingerprint density at radius 2 is 1.73 bits per heavy atom. The second-order valence-electron chi connectivity index (χ2n) is 4.54. The molecule has 0 aliphatic rings. The average Bonchev–Trinajstić information content (AvgIpc) is 2.48. The van der Waals surface area contributed by atoms with E-state index in [1.165, 1.54) is 6.07 Å². The molecule has 0 fully saturated rings. The minimum Gasteiger partial charge on any atom is -0.462 e. The summed E-state index contributed by atoms with van der Waals surface area (Å²) in [5.41, 5.74) is 6.03. The van der Waals surface area contributed by atoms with Gasteiger partial charge in [0.15, 0.2) is 0 Å². The fourth-order valence-electron chi connectivity index (χ4n) is 1.78. The van der Waals surface area contributed by atoms with Gasteiger partial charge in [0.2, 0.25) is 0 Å². The van der Waals surface area contributed by atoms with E-state index in [0.717, 1.165) is 12.8 Å². The molecule has 0 unspecified atom stereocenters. The SMILES string of the molecule is CCCCNc1nc(N)c(C(=O)OCC)cc1C(=O)OCC. The van der Waals surface area contributed by atoms with Gasteiger partial charge in [-0.2, -0.15) is 0 Å². The number of nitrogens with two attached hydrogens (primary N) is 1. The molecule has 0 radical (unpaired) electrons. The molecule has 122 valence electrons. The van der Waals surface area contributed by atoms with E-state index < -0.39 is 11.9 Å². The quantitative estimate of drug-likeness (QED) is 0.560. The number of nitrogens with one attached hydrogen (secondary N) is 1. The van der Waals surface area contributed by atoms with Gasteiger partial charge in [-0.05, 0) is 26.3 Å². The van der Waals surface area contributed by atoms with Crippen LogP contribution in [0.1, 0.15) is 54.3 Å². The van der Waals surface area contributed by atoms with Crippen molar-refractivity contribution in [1.29, 1.82) is 0 Å². The predicted octanol–water partition coefficient (Wildman–Crippen LogP) is 2.23. The van der Waals surface area contributed by atoms with Crippen molar-refractivity contribution in [2.24, 2.45) is 0 Å². The highest BCUT2D eigenvalue weighted by Crippen LogP contribution is 2.21. The van der Waals surface area contributed by atoms with Gasteiger partial charge >= 0.3 is 11.9 Å². The Hall–Kier alpha value is -2.31. The number of unbranched alkanes of at least 4 members (excludes halogenated alkanes) is 1. The van der Waals surface area contributed by atoms with Crippen molar-refractivity contribution >= 4 is 23.6 Å². The highest BCUT2D eigenvalue weighted by atomic mass is 16.5. The highest BCUT2D eigenvalue weighted by molar-refractivity contribution is 6.01. The van der Waals surface area contributed by atoms with Gasteiger partial charge in [-0.3, -0.25) is 0 Å². The van der Waals surface area contributed by atoms with Crippen molar-refractivity contribution in [2.75, 3.05) is 30.8 Å². The van der Waals surface area contributed by atoms with E-state index in [4.69, 9.17) is 15.2 Å². The average molecular weight is 309 g/mol. The zero-order valence-electron chi connectivity index (χ0n) is 13.3. The zero-order chi connectivity index (χ0) is 16.5. The minimum atomic E-state index is -0.613. The van der Waals surface area contributed by atoms with Crippen LogP contribution < -0.4 is 11.1 Å². The Morgan fingerprint density at radius 1 is 1.14 bits per heavy atom. The van der Waals surface area contributed by atoms with Crippen LogP contribution in [-0.4, -0.2) is 36.7 Å². The summed E-state index contributed by atoms with van der Waals surface area (Å²) in [5.74, 6) is -0.833. The standard InChI is InChI=1S/C15H23N3O4/c1-4-7-8-17-13-11(15(20)22-6-3)9-10(12(16)18-13)14(19)21-5-2/h9H,4-8H2,1-3H3,(H3,16,17,18). The number of carbonyl (C=O) groups is 2. The molecule has 0 spiro atoms. The molecule has 22 heavy (non-hydrogen) atoms. The van der Waals surface area contributed by atoms with Crippen molar-refractivity contribution < 1.29 is 19.1 Å². The van der Waals surface area contributed by atoms with E-state index in [9.17, 15) is 9.59 Å². The fourth-order valence-corrected chi connectivity index (χ4v) is 1.78. The normalized spacial score (nSPS) is 10.1. The monoisotopic (exact) mass is 309 g/mol. The van der Waals surface area contributed by atoms with Crippen LogP contribution >= 0.6 is 0 Å². The first kappa shape index (κ1) is 17.7. The molecule has 0 saturated carbocycles. The number of aromatic nitrogens is 1. The van der Waals surface area contributed by atoms with Gasteiger partial charge in [-0.25, -0.2) is 14.6 Å². The summed E-state index contributed by atoms with van der Waals surface area (Å²) in [4.78, 5) is 28.0. The lowest BCUT2D eigenvalue weighted by atomic mass is 10.1. The molecule has 0 aromatic carbocycles. The minimum absolute atomic E-state index is 0.0190. The summed E-state index contributed by atoms with van der Waals surface area (Å²) >= 11 is 0. The highest BCUT2D eigenvalue weighted by Gasteiger charge is 2.21. The number of ether oxygens (including phenoxy) is 2. The molecule has 0 atom stereocenters. The van der Waals surface area contributed by atoms with E-state index in [-0.39, 0.29) is 30.2 Å². The van der Waals surface area contributed by atoms with Gasteiger partial charge in [0.25, 0.3) is 0 Å². The third kappa shape index (κ3) is 4.61. The smallest absolute Gasteiger partial charge is 0.341 e. The number of hydrogen-bond acceptors (Lipinski definition) is 7. The second-order valence-corrected chi connectivity index (χ2v) is 4.54. The Labute approximate surface area is 130 Å². The molecule has 1 heterocycles. The molecule has 0 bridgehead atoms. The van der Waals surface area contributed by atoms with Crippen LogP contribution in [-0.2, 0) is 9.47 Å². The van der Waals surface area contributed by atoms with Crippen molar-refractivity contribution in [3.63, 3.8) is 0 Å². The number of anilines is 2. The number of nitrogens with zero attached hydrogens (tertiary/aromatic N) is 1. The first-order valence-electron chi connectivity index (χ1n) is 7.43. The largest absolute Gasteiger partial charge is 0.462 e. The topological polar surface area (TPSA) is 104 Å². The summed E-state index contributed by atoms with van der Waals surface area (Å²) in [6.07, 6.45) is 1.92. The lowest BCUT2D eigenvalue weighted by molar-refractivity contribution is 0.0526. The van der Waals surface area contributed by atoms with Crippen LogP contribution in [0.15, 0.2) is 6.07 Å². The number of hydrogen-bond donors (Lipinski definition) is 2. The molecule has 7 nitrogen and oxygen atoms in total. The maximum atomic E-state index is 12.0. The molecule has 0 aliphatic heterocycles. The van der Waals surface area contributed by atoms with Gasteiger partial charge in [-0.15, -0.1) is 0 Å². The van der Waals surface area contributed by atoms with Crippen molar-refractivity contribution in [3.8, 4) is 0 Å². The van der Waals surface area contributed by atoms with Crippen molar-refractivity contribution in [1.82, 2.24) is 4.98 Å². The molecule has 1 aromatic heterocycles. The molecule has 7 heteroatoms. The molecular weight excluding hydrogens is 286 g/mol. The number of carbonyl (C=O) groups excluding carboxylic acids is 2. The van der Waals surface area contributed by atoms with Crippen LogP contribution in [0.25, 0.3) is 0 Å². The summed E-state index contributed by atoms with van der Waals surface area (Å²) in [7, 11) is 0. The Bertz CT molecular complexity index is 532. The summed E-state index contributed by atoms with van der Waals surface area (Å²) in [5, 5.41) is 3.05. The Kier molecular flexibility index (Phi) is 7.15. The van der Waals surface area contributed by atoms with Crippen molar-refractivity contribution in [3.05, 3.63) is 17.2 Å². The Morgan fingerprint density at radius 3 is 2.27 bits per heavy atom. The molecule has 0 amide bonds. The van der Waals surface area contributed by atoms with Gasteiger partial charge in [0.1, 0.15) is 22.8 Å². The van der Waals surface area contributed by atoms with Gasteiger partial charge in [0, 0.05) is 6.54 Å². The molecule has 0 aliphatic carbocycles. The maximum Gasteiger partial charge on any atom is 0.341 e. The third-order valence-electron chi connectivity index (χ3n) is 2.87. The summed E-state index contributed by atoms with van der Waals surface area (Å²) in [6, 6.07) is 1.37. The zero-order valence-corrected chi connectivity index (χ0v) is 13.3. The van der Waals surface area contributed by atoms with Crippen molar-refractivity contribution in [2.45, 2.75) is 33.6 Å². The fraction of sp³-hybridized carbons (Fsp3) is 0.533. The molecular formula is C15H23N3O4. The van der Waals surface area contributed by atoms with Gasteiger partial charge in [-0.1, -0.05) is 13.3 Å². The number of rotatable bonds is 8. The molecule has 1 aromatic rings. The molecule has 0 saturated heterocycles. The molecule has 1 rings (SSSR count). The number of esters is 2. The summed E-state index contributed by atoms with van der Waals surface area (Å²) < 4.78 is 9.91. The predicted molar refractivity (Wildman–Crippen MR) is 84.0 cm³/mol. The van der Waals surface area contributed by atoms with Gasteiger partial charge in [0.05, 0.1) is 13.2 Å². The van der Waals surface area contributed by atoms with Crippen LogP contribution in [0, 0.1) is 0 Å². The van der Waals surface area contributed by atoms with Crippen LogP contribution in [0.2, 0.25) is 0 Å². The van der Waals surface area contributed by atoms with E-state index >= 15 is 0 Å². The lowest BCUT2D eigenvalue weighted by Gasteiger charge is -2.13.